The molecule has 0 radical (unpaired) electrons. The molecule has 11 aromatic rings. The molecule has 51 heavy (non-hydrogen) atoms. The average molecular weight is 651 g/mol. The van der Waals surface area contributed by atoms with Gasteiger partial charge in [-0.25, -0.2) is 0 Å². The maximum Gasteiger partial charge on any atom is 0.136 e. The number of furan rings is 1. The highest BCUT2D eigenvalue weighted by molar-refractivity contribution is 6.25. The molecule has 0 spiro atoms. The summed E-state index contributed by atoms with van der Waals surface area (Å²) in [6.45, 7) is 0. The SMILES string of the molecule is c1ccc(-c2ccc(N(c3ccc4oc5cc(-c6ccccc6)ccc5c4c3)c3cccc4c5cccc6c7ccccc7n(c34)c65)cc2)cc1. The van der Waals surface area contributed by atoms with Gasteiger partial charge in [-0.3, -0.25) is 0 Å². The van der Waals surface area contributed by atoms with Crippen LogP contribution in [-0.2, 0) is 0 Å². The van der Waals surface area contributed by atoms with Crippen molar-refractivity contribution in [1.29, 1.82) is 0 Å². The van der Waals surface area contributed by atoms with E-state index in [2.05, 4.69) is 185 Å². The third-order valence-corrected chi connectivity index (χ3v) is 10.5. The highest BCUT2D eigenvalue weighted by atomic mass is 16.3. The molecule has 0 N–H and O–H groups in total. The van der Waals surface area contributed by atoms with Gasteiger partial charge in [0.15, 0.2) is 0 Å². The quantitative estimate of drug-likeness (QED) is 0.185. The summed E-state index contributed by atoms with van der Waals surface area (Å²) in [5, 5.41) is 7.27. The molecule has 3 aromatic heterocycles. The minimum Gasteiger partial charge on any atom is -0.456 e. The molecule has 0 saturated heterocycles. The number of rotatable bonds is 5. The molecule has 3 heterocycles. The molecule has 0 unspecified atom stereocenters. The van der Waals surface area contributed by atoms with Crippen molar-refractivity contribution in [3.05, 3.63) is 182 Å². The van der Waals surface area contributed by atoms with Crippen LogP contribution in [0.1, 0.15) is 0 Å². The Kier molecular flexibility index (Phi) is 5.96. The Hall–Kier alpha value is -6.84. The highest BCUT2D eigenvalue weighted by Crippen LogP contribution is 2.46. The molecular weight excluding hydrogens is 621 g/mol. The van der Waals surface area contributed by atoms with Gasteiger partial charge in [0.05, 0.1) is 22.2 Å². The maximum atomic E-state index is 6.50. The van der Waals surface area contributed by atoms with Gasteiger partial charge < -0.3 is 13.7 Å². The molecule has 0 bridgehead atoms. The molecule has 0 aliphatic rings. The van der Waals surface area contributed by atoms with Crippen LogP contribution < -0.4 is 4.90 Å². The van der Waals surface area contributed by atoms with Crippen molar-refractivity contribution in [3.63, 3.8) is 0 Å². The van der Waals surface area contributed by atoms with Gasteiger partial charge in [-0.1, -0.05) is 127 Å². The van der Waals surface area contributed by atoms with Gasteiger partial charge in [0.2, 0.25) is 0 Å². The Labute approximate surface area is 294 Å². The summed E-state index contributed by atoms with van der Waals surface area (Å²) >= 11 is 0. The van der Waals surface area contributed by atoms with Crippen LogP contribution in [0.15, 0.2) is 186 Å². The third-order valence-electron chi connectivity index (χ3n) is 10.5. The van der Waals surface area contributed by atoms with Gasteiger partial charge >= 0.3 is 0 Å². The van der Waals surface area contributed by atoms with Crippen LogP contribution in [0, 0.1) is 0 Å². The average Bonchev–Trinajstić information content (AvgIpc) is 3.86. The Morgan fingerprint density at radius 1 is 0.353 bits per heavy atom. The Morgan fingerprint density at radius 2 is 0.941 bits per heavy atom. The predicted molar refractivity (Wildman–Crippen MR) is 214 cm³/mol. The van der Waals surface area contributed by atoms with Gasteiger partial charge in [-0.05, 0) is 76.9 Å². The summed E-state index contributed by atoms with van der Waals surface area (Å²) in [5.74, 6) is 0. The lowest BCUT2D eigenvalue weighted by molar-refractivity contribution is 0.669. The zero-order valence-corrected chi connectivity index (χ0v) is 27.6. The summed E-state index contributed by atoms with van der Waals surface area (Å²) < 4.78 is 8.97. The van der Waals surface area contributed by atoms with E-state index in [0.717, 1.165) is 44.6 Å². The molecule has 0 amide bonds. The first-order valence-corrected chi connectivity index (χ1v) is 17.4. The first-order chi connectivity index (χ1) is 25.3. The van der Waals surface area contributed by atoms with Crippen molar-refractivity contribution in [2.24, 2.45) is 0 Å². The lowest BCUT2D eigenvalue weighted by Crippen LogP contribution is -2.11. The number of aromatic nitrogens is 1. The lowest BCUT2D eigenvalue weighted by atomic mass is 10.0. The summed E-state index contributed by atoms with van der Waals surface area (Å²) in [4.78, 5) is 2.41. The fraction of sp³-hybridized carbons (Fsp3) is 0. The van der Waals surface area contributed by atoms with E-state index in [1.54, 1.807) is 0 Å². The van der Waals surface area contributed by atoms with E-state index in [4.69, 9.17) is 4.42 Å². The van der Waals surface area contributed by atoms with E-state index in [1.165, 1.54) is 54.8 Å². The molecule has 8 aromatic carbocycles. The second-order valence-electron chi connectivity index (χ2n) is 13.3. The first kappa shape index (κ1) is 28.0. The fourth-order valence-electron chi connectivity index (χ4n) is 8.21. The predicted octanol–water partition coefficient (Wildman–Crippen LogP) is 13.5. The van der Waals surface area contributed by atoms with Crippen molar-refractivity contribution in [3.8, 4) is 22.3 Å². The Balaban J connectivity index is 1.17. The van der Waals surface area contributed by atoms with E-state index in [0.29, 0.717) is 0 Å². The van der Waals surface area contributed by atoms with Crippen molar-refractivity contribution in [2.45, 2.75) is 0 Å². The van der Waals surface area contributed by atoms with Gasteiger partial charge in [-0.2, -0.15) is 0 Å². The molecule has 0 saturated carbocycles. The molecule has 3 nitrogen and oxygen atoms in total. The molecule has 0 aliphatic carbocycles. The van der Waals surface area contributed by atoms with Crippen LogP contribution >= 0.6 is 0 Å². The maximum absolute atomic E-state index is 6.50. The zero-order chi connectivity index (χ0) is 33.5. The van der Waals surface area contributed by atoms with Crippen LogP contribution in [0.3, 0.4) is 0 Å². The number of benzene rings is 8. The smallest absolute Gasteiger partial charge is 0.136 e. The first-order valence-electron chi connectivity index (χ1n) is 17.4. The summed E-state index contributed by atoms with van der Waals surface area (Å²) in [6.07, 6.45) is 0. The largest absolute Gasteiger partial charge is 0.456 e. The van der Waals surface area contributed by atoms with E-state index in [1.807, 2.05) is 6.07 Å². The Morgan fingerprint density at radius 3 is 1.73 bits per heavy atom. The van der Waals surface area contributed by atoms with Crippen LogP contribution in [-0.4, -0.2) is 4.40 Å². The monoisotopic (exact) mass is 650 g/mol. The van der Waals surface area contributed by atoms with Crippen LogP contribution in [0.2, 0.25) is 0 Å². The molecule has 11 rings (SSSR count). The van der Waals surface area contributed by atoms with Crippen LogP contribution in [0.5, 0.6) is 0 Å². The topological polar surface area (TPSA) is 20.8 Å². The molecular formula is C48H30N2O. The van der Waals surface area contributed by atoms with Gasteiger partial charge in [0.1, 0.15) is 11.2 Å². The number of hydrogen-bond donors (Lipinski definition) is 0. The lowest BCUT2D eigenvalue weighted by Gasteiger charge is -2.27. The molecule has 238 valence electrons. The minimum atomic E-state index is 0.877. The minimum absolute atomic E-state index is 0.877. The van der Waals surface area contributed by atoms with E-state index in [-0.39, 0.29) is 0 Å². The van der Waals surface area contributed by atoms with Gasteiger partial charge in [-0.15, -0.1) is 0 Å². The number of anilines is 3. The van der Waals surface area contributed by atoms with Crippen molar-refractivity contribution < 1.29 is 4.42 Å². The Bertz CT molecular complexity index is 3060. The summed E-state index contributed by atoms with van der Waals surface area (Å²) in [7, 11) is 0. The van der Waals surface area contributed by atoms with Crippen molar-refractivity contribution in [2.75, 3.05) is 4.90 Å². The number of nitrogens with zero attached hydrogens (tertiary/aromatic N) is 2. The second-order valence-corrected chi connectivity index (χ2v) is 13.3. The van der Waals surface area contributed by atoms with Gasteiger partial charge in [0.25, 0.3) is 0 Å². The molecule has 0 atom stereocenters. The standard InChI is InChI=1S/C48H30N2O/c1-3-11-31(12-4-1)33-21-24-35(25-22-33)49(36-26-28-45-42(30-36)38-27-23-34(29-46(38)51-45)32-13-5-2-6-14-32)44-20-10-18-41-40-17-9-16-39-37-15-7-8-19-43(37)50(47(39)40)48(41)44/h1-30H. The number of hydrogen-bond acceptors (Lipinski definition) is 2. The highest BCUT2D eigenvalue weighted by Gasteiger charge is 2.23. The number of para-hydroxylation sites is 3. The van der Waals surface area contributed by atoms with Crippen molar-refractivity contribution >= 4 is 77.1 Å². The normalized spacial score (nSPS) is 11.9. The zero-order valence-electron chi connectivity index (χ0n) is 27.6. The number of fused-ring (bicyclic) bond motifs is 9. The van der Waals surface area contributed by atoms with Gasteiger partial charge in [0, 0.05) is 43.7 Å². The van der Waals surface area contributed by atoms with E-state index >= 15 is 0 Å². The molecule has 0 fully saturated rings. The molecule has 3 heteroatoms. The summed E-state index contributed by atoms with van der Waals surface area (Å²) in [5.41, 5.74) is 13.4. The third kappa shape index (κ3) is 4.19. The van der Waals surface area contributed by atoms with E-state index in [9.17, 15) is 0 Å². The molecule has 0 aliphatic heterocycles. The van der Waals surface area contributed by atoms with Crippen LogP contribution in [0.25, 0.3) is 82.3 Å². The van der Waals surface area contributed by atoms with Crippen LogP contribution in [0.4, 0.5) is 17.1 Å². The fourth-order valence-corrected chi connectivity index (χ4v) is 8.21. The summed E-state index contributed by atoms with van der Waals surface area (Å²) in [6, 6.07) is 65.4. The van der Waals surface area contributed by atoms with E-state index < -0.39 is 0 Å². The second kappa shape index (κ2) is 10.8. The van der Waals surface area contributed by atoms with Crippen molar-refractivity contribution in [1.82, 2.24) is 4.40 Å².